The first kappa shape index (κ1) is 20.1. The Balaban J connectivity index is 1.65. The molecule has 9 heteroatoms. The Labute approximate surface area is 170 Å². The third-order valence-electron chi connectivity index (χ3n) is 4.14. The number of benzene rings is 1. The summed E-state index contributed by atoms with van der Waals surface area (Å²) < 4.78 is 10.5. The van der Waals surface area contributed by atoms with Gasteiger partial charge in [0.2, 0.25) is 11.8 Å². The molecule has 3 rings (SSSR count). The van der Waals surface area contributed by atoms with E-state index >= 15 is 0 Å². The first-order valence-corrected chi connectivity index (χ1v) is 10.2. The fraction of sp³-hybridized carbons (Fsp3) is 0.263. The highest BCUT2D eigenvalue weighted by molar-refractivity contribution is 7.99. The Kier molecular flexibility index (Phi) is 6.15. The number of ether oxygens (including phenoxy) is 1. The van der Waals surface area contributed by atoms with Crippen molar-refractivity contribution in [2.45, 2.75) is 26.0 Å². The molecule has 0 unspecified atom stereocenters. The number of aryl methyl sites for hydroxylation is 2. The van der Waals surface area contributed by atoms with Gasteiger partial charge in [-0.1, -0.05) is 30.0 Å². The van der Waals surface area contributed by atoms with Gasteiger partial charge in [0.15, 0.2) is 0 Å². The molecule has 0 spiro atoms. The molecule has 0 fully saturated rings. The van der Waals surface area contributed by atoms with Crippen molar-refractivity contribution in [3.05, 3.63) is 45.8 Å². The third kappa shape index (κ3) is 4.26. The fourth-order valence-electron chi connectivity index (χ4n) is 2.54. The number of nitrogens with one attached hydrogen (secondary N) is 1. The van der Waals surface area contributed by atoms with Crippen molar-refractivity contribution in [1.82, 2.24) is 10.2 Å². The molecule has 2 heterocycles. The van der Waals surface area contributed by atoms with Crippen molar-refractivity contribution < 1.29 is 18.7 Å². The second-order valence-corrected chi connectivity index (χ2v) is 8.16. The number of rotatable bonds is 6. The summed E-state index contributed by atoms with van der Waals surface area (Å²) in [6.07, 6.45) is 0. The van der Waals surface area contributed by atoms with Crippen molar-refractivity contribution in [1.29, 1.82) is 0 Å². The zero-order valence-electron chi connectivity index (χ0n) is 15.9. The minimum absolute atomic E-state index is 0.0754. The van der Waals surface area contributed by atoms with Gasteiger partial charge < -0.3 is 14.5 Å². The quantitative estimate of drug-likeness (QED) is 0.473. The first-order chi connectivity index (χ1) is 13.4. The molecule has 7 nitrogen and oxygen atoms in total. The second-order valence-electron chi connectivity index (χ2n) is 6.00. The number of nitrogens with zero attached hydrogens (tertiary/aromatic N) is 2. The maximum atomic E-state index is 12.3. The zero-order valence-corrected chi connectivity index (χ0v) is 17.5. The smallest absolute Gasteiger partial charge is 0.341 e. The van der Waals surface area contributed by atoms with Crippen molar-refractivity contribution >= 4 is 40.0 Å². The molecule has 3 aromatic rings. The van der Waals surface area contributed by atoms with Gasteiger partial charge in [-0.25, -0.2) is 4.79 Å². The van der Waals surface area contributed by atoms with Gasteiger partial charge in [0.1, 0.15) is 5.00 Å². The molecule has 0 aliphatic carbocycles. The summed E-state index contributed by atoms with van der Waals surface area (Å²) >= 11 is 2.48. The van der Waals surface area contributed by atoms with E-state index in [2.05, 4.69) is 15.5 Å². The molecule has 0 saturated carbocycles. The van der Waals surface area contributed by atoms with Crippen LogP contribution in [0.4, 0.5) is 5.00 Å². The average Bonchev–Trinajstić information content (AvgIpc) is 3.25. The number of esters is 1. The Bertz CT molecular complexity index is 1030. The minimum atomic E-state index is -0.468. The lowest BCUT2D eigenvalue weighted by molar-refractivity contribution is -0.113. The third-order valence-corrected chi connectivity index (χ3v) is 6.08. The molecule has 0 aliphatic rings. The highest BCUT2D eigenvalue weighted by Gasteiger charge is 2.22. The van der Waals surface area contributed by atoms with Gasteiger partial charge in [0.05, 0.1) is 18.4 Å². The van der Waals surface area contributed by atoms with Gasteiger partial charge >= 0.3 is 5.97 Å². The number of thiophene rings is 1. The van der Waals surface area contributed by atoms with Crippen LogP contribution in [-0.2, 0) is 9.53 Å². The lowest BCUT2D eigenvalue weighted by Gasteiger charge is -2.05. The summed E-state index contributed by atoms with van der Waals surface area (Å²) in [4.78, 5) is 25.3. The van der Waals surface area contributed by atoms with Crippen LogP contribution in [-0.4, -0.2) is 34.9 Å². The van der Waals surface area contributed by atoms with Crippen LogP contribution in [0.3, 0.4) is 0 Å². The van der Waals surface area contributed by atoms with Gasteiger partial charge in [-0.3, -0.25) is 4.79 Å². The largest absolute Gasteiger partial charge is 0.465 e. The molecule has 0 radical (unpaired) electrons. The summed E-state index contributed by atoms with van der Waals surface area (Å²) in [6.45, 7) is 5.68. The van der Waals surface area contributed by atoms with Crippen molar-refractivity contribution in [3.63, 3.8) is 0 Å². The Morgan fingerprint density at radius 3 is 2.68 bits per heavy atom. The summed E-state index contributed by atoms with van der Waals surface area (Å²) in [6, 6.07) is 7.70. The summed E-state index contributed by atoms with van der Waals surface area (Å²) in [5.74, 6) is -0.249. The summed E-state index contributed by atoms with van der Waals surface area (Å²) in [5.41, 5.74) is 3.08. The first-order valence-electron chi connectivity index (χ1n) is 8.41. The Hall–Kier alpha value is -2.65. The summed E-state index contributed by atoms with van der Waals surface area (Å²) in [5, 5.41) is 11.6. The topological polar surface area (TPSA) is 94.3 Å². The van der Waals surface area contributed by atoms with E-state index in [-0.39, 0.29) is 11.7 Å². The Morgan fingerprint density at radius 1 is 1.21 bits per heavy atom. The number of aromatic nitrogens is 2. The number of hydrogen-bond acceptors (Lipinski definition) is 8. The van der Waals surface area contributed by atoms with Crippen LogP contribution in [0, 0.1) is 20.8 Å². The van der Waals surface area contributed by atoms with E-state index in [9.17, 15) is 9.59 Å². The number of amides is 1. The number of methoxy groups -OCH3 is 1. The molecule has 0 bridgehead atoms. The van der Waals surface area contributed by atoms with Gasteiger partial charge in [-0.2, -0.15) is 0 Å². The number of anilines is 1. The van der Waals surface area contributed by atoms with E-state index in [4.69, 9.17) is 9.15 Å². The molecule has 1 amide bonds. The molecule has 1 N–H and O–H groups in total. The standard InChI is InChI=1S/C19H19N3O4S2/c1-10-7-5-6-8-13(10)16-21-22-19(26-16)27-9-14(23)20-17-15(18(24)25-4)11(2)12(3)28-17/h5-8H,9H2,1-4H3,(H,20,23). The van der Waals surface area contributed by atoms with E-state index < -0.39 is 5.97 Å². The van der Waals surface area contributed by atoms with Crippen LogP contribution in [0.15, 0.2) is 33.9 Å². The summed E-state index contributed by atoms with van der Waals surface area (Å²) in [7, 11) is 1.32. The van der Waals surface area contributed by atoms with Crippen molar-refractivity contribution in [2.24, 2.45) is 0 Å². The minimum Gasteiger partial charge on any atom is -0.465 e. The van der Waals surface area contributed by atoms with Gasteiger partial charge in [0, 0.05) is 10.4 Å². The van der Waals surface area contributed by atoms with E-state index in [0.29, 0.717) is 21.7 Å². The number of hydrogen-bond donors (Lipinski definition) is 1. The van der Waals surface area contributed by atoms with Crippen LogP contribution in [0.2, 0.25) is 0 Å². The molecular weight excluding hydrogens is 398 g/mol. The van der Waals surface area contributed by atoms with E-state index in [1.54, 1.807) is 0 Å². The van der Waals surface area contributed by atoms with Gasteiger partial charge in [-0.15, -0.1) is 21.5 Å². The molecule has 0 aliphatic heterocycles. The monoisotopic (exact) mass is 417 g/mol. The van der Waals surface area contributed by atoms with Crippen molar-refractivity contribution in [2.75, 3.05) is 18.2 Å². The molecule has 1 aromatic carbocycles. The van der Waals surface area contributed by atoms with Gasteiger partial charge in [0.25, 0.3) is 5.22 Å². The van der Waals surface area contributed by atoms with E-state index in [0.717, 1.165) is 33.3 Å². The van der Waals surface area contributed by atoms with Crippen molar-refractivity contribution in [3.8, 4) is 11.5 Å². The van der Waals surface area contributed by atoms with Crippen LogP contribution in [0.1, 0.15) is 26.4 Å². The maximum Gasteiger partial charge on any atom is 0.341 e. The van der Waals surface area contributed by atoms with Crippen LogP contribution in [0.25, 0.3) is 11.5 Å². The maximum absolute atomic E-state index is 12.3. The number of carbonyl (C=O) groups is 2. The number of carbonyl (C=O) groups excluding carboxylic acids is 2. The normalized spacial score (nSPS) is 10.7. The highest BCUT2D eigenvalue weighted by atomic mass is 32.2. The van der Waals surface area contributed by atoms with Crippen LogP contribution in [0.5, 0.6) is 0 Å². The molecule has 146 valence electrons. The SMILES string of the molecule is COC(=O)c1c(NC(=O)CSc2nnc(-c3ccccc3C)o2)sc(C)c1C. The zero-order chi connectivity index (χ0) is 20.3. The Morgan fingerprint density at radius 2 is 1.96 bits per heavy atom. The number of thioether (sulfide) groups is 1. The highest BCUT2D eigenvalue weighted by Crippen LogP contribution is 2.33. The predicted octanol–water partition coefficient (Wildman–Crippen LogP) is 4.24. The molecule has 0 saturated heterocycles. The molecule has 2 aromatic heterocycles. The molecule has 0 atom stereocenters. The lowest BCUT2D eigenvalue weighted by atomic mass is 10.1. The average molecular weight is 418 g/mol. The predicted molar refractivity (Wildman–Crippen MR) is 109 cm³/mol. The van der Waals surface area contributed by atoms with Crippen LogP contribution >= 0.6 is 23.1 Å². The van der Waals surface area contributed by atoms with E-state index in [1.807, 2.05) is 45.0 Å². The lowest BCUT2D eigenvalue weighted by Crippen LogP contribution is -2.16. The van der Waals surface area contributed by atoms with Crippen LogP contribution < -0.4 is 5.32 Å². The molecular formula is C19H19N3O4S2. The molecule has 28 heavy (non-hydrogen) atoms. The van der Waals surface area contributed by atoms with Gasteiger partial charge in [-0.05, 0) is 38.0 Å². The second kappa shape index (κ2) is 8.57. The fourth-order valence-corrected chi connectivity index (χ4v) is 4.17. The van der Waals surface area contributed by atoms with E-state index in [1.165, 1.54) is 18.4 Å².